The molecule has 19 heavy (non-hydrogen) atoms. The van der Waals surface area contributed by atoms with Crippen molar-refractivity contribution in [2.24, 2.45) is 5.14 Å². The molecule has 0 bridgehead atoms. The number of ether oxygens (including phenoxy) is 1. The molecule has 7 heteroatoms. The van der Waals surface area contributed by atoms with E-state index in [2.05, 4.69) is 5.32 Å². The summed E-state index contributed by atoms with van der Waals surface area (Å²) in [5.41, 5.74) is 0. The fraction of sp³-hybridized carbons (Fsp3) is 0.667. The van der Waals surface area contributed by atoms with E-state index in [4.69, 9.17) is 14.3 Å². The van der Waals surface area contributed by atoms with Crippen LogP contribution in [-0.4, -0.2) is 27.7 Å². The van der Waals surface area contributed by atoms with Crippen molar-refractivity contribution in [3.05, 3.63) is 17.9 Å². The molecule has 1 aromatic heterocycles. The second-order valence-electron chi connectivity index (χ2n) is 4.72. The van der Waals surface area contributed by atoms with Crippen LogP contribution in [0.2, 0.25) is 0 Å². The number of rotatable bonds is 6. The third-order valence-electron chi connectivity index (χ3n) is 3.13. The van der Waals surface area contributed by atoms with Gasteiger partial charge in [-0.15, -0.1) is 0 Å². The number of furan rings is 1. The number of sulfonamides is 1. The lowest BCUT2D eigenvalue weighted by Crippen LogP contribution is -2.25. The van der Waals surface area contributed by atoms with E-state index in [1.807, 2.05) is 0 Å². The van der Waals surface area contributed by atoms with Gasteiger partial charge in [0.15, 0.2) is 0 Å². The minimum absolute atomic E-state index is 0.195. The van der Waals surface area contributed by atoms with Crippen LogP contribution in [0.4, 0.5) is 0 Å². The third kappa shape index (κ3) is 4.61. The van der Waals surface area contributed by atoms with Gasteiger partial charge in [-0.3, -0.25) is 0 Å². The predicted octanol–water partition coefficient (Wildman–Crippen LogP) is 0.976. The third-order valence-corrected chi connectivity index (χ3v) is 3.91. The van der Waals surface area contributed by atoms with Crippen molar-refractivity contribution in [1.82, 2.24) is 5.32 Å². The smallest absolute Gasteiger partial charge is 0.271 e. The van der Waals surface area contributed by atoms with Gasteiger partial charge in [-0.05, 0) is 44.4 Å². The molecular weight excluding hydrogens is 268 g/mol. The van der Waals surface area contributed by atoms with Crippen molar-refractivity contribution >= 4 is 10.0 Å². The van der Waals surface area contributed by atoms with Gasteiger partial charge in [0, 0.05) is 6.61 Å². The van der Waals surface area contributed by atoms with Crippen molar-refractivity contribution < 1.29 is 17.6 Å². The highest BCUT2D eigenvalue weighted by atomic mass is 32.2. The summed E-state index contributed by atoms with van der Waals surface area (Å²) in [6, 6.07) is 2.99. The molecule has 0 saturated carbocycles. The molecule has 1 fully saturated rings. The summed E-state index contributed by atoms with van der Waals surface area (Å²) < 4.78 is 32.8. The molecule has 2 rings (SSSR count). The van der Waals surface area contributed by atoms with Crippen molar-refractivity contribution in [1.29, 1.82) is 0 Å². The molecule has 1 aliphatic heterocycles. The zero-order chi connectivity index (χ0) is 13.7. The maximum absolute atomic E-state index is 11.0. The molecule has 0 aliphatic carbocycles. The molecule has 108 valence electrons. The number of hydrogen-bond donors (Lipinski definition) is 2. The molecule has 1 aliphatic rings. The van der Waals surface area contributed by atoms with Gasteiger partial charge in [-0.1, -0.05) is 0 Å². The Morgan fingerprint density at radius 2 is 2.21 bits per heavy atom. The van der Waals surface area contributed by atoms with E-state index in [0.717, 1.165) is 32.4 Å². The van der Waals surface area contributed by atoms with E-state index in [-0.39, 0.29) is 5.09 Å². The van der Waals surface area contributed by atoms with Crippen LogP contribution in [0.1, 0.15) is 31.4 Å². The first-order valence-electron chi connectivity index (χ1n) is 6.49. The summed E-state index contributed by atoms with van der Waals surface area (Å²) in [6.45, 7) is 2.17. The van der Waals surface area contributed by atoms with E-state index in [1.54, 1.807) is 6.07 Å². The Kier molecular flexibility index (Phi) is 4.98. The molecule has 0 amide bonds. The maximum atomic E-state index is 11.0. The minimum atomic E-state index is -3.74. The highest BCUT2D eigenvalue weighted by Gasteiger charge is 2.14. The fourth-order valence-electron chi connectivity index (χ4n) is 2.12. The molecule has 1 saturated heterocycles. The Balaban J connectivity index is 1.69. The van der Waals surface area contributed by atoms with Gasteiger partial charge >= 0.3 is 0 Å². The van der Waals surface area contributed by atoms with Gasteiger partial charge in [0.05, 0.1) is 12.6 Å². The Labute approximate surface area is 113 Å². The summed E-state index contributed by atoms with van der Waals surface area (Å²) in [7, 11) is -3.74. The number of nitrogens with two attached hydrogens (primary N) is 1. The molecule has 1 atom stereocenters. The van der Waals surface area contributed by atoms with Crippen LogP contribution in [-0.2, 0) is 21.3 Å². The highest BCUT2D eigenvalue weighted by molar-refractivity contribution is 7.89. The Bertz CT molecular complexity index is 492. The standard InChI is InChI=1S/C12H20N2O4S/c13-19(15,16)12-5-4-11(18-12)9-14-7-6-10-3-1-2-8-17-10/h4-5,10,14H,1-3,6-9H2,(H2,13,15,16). The summed E-state index contributed by atoms with van der Waals surface area (Å²) in [5.74, 6) is 0.564. The number of nitrogens with one attached hydrogen (secondary N) is 1. The average molecular weight is 288 g/mol. The van der Waals surface area contributed by atoms with Crippen LogP contribution in [0.15, 0.2) is 21.6 Å². The molecule has 2 heterocycles. The minimum Gasteiger partial charge on any atom is -0.447 e. The van der Waals surface area contributed by atoms with Crippen molar-refractivity contribution in [3.63, 3.8) is 0 Å². The average Bonchev–Trinajstić information content (AvgIpc) is 2.85. The topological polar surface area (TPSA) is 94.6 Å². The van der Waals surface area contributed by atoms with E-state index in [1.165, 1.54) is 12.5 Å². The van der Waals surface area contributed by atoms with Gasteiger partial charge in [0.2, 0.25) is 5.09 Å². The predicted molar refractivity (Wildman–Crippen MR) is 70.0 cm³/mol. The summed E-state index contributed by atoms with van der Waals surface area (Å²) in [5, 5.41) is 7.97. The summed E-state index contributed by atoms with van der Waals surface area (Å²) >= 11 is 0. The van der Waals surface area contributed by atoms with E-state index in [0.29, 0.717) is 18.4 Å². The Morgan fingerprint density at radius 3 is 2.84 bits per heavy atom. The van der Waals surface area contributed by atoms with E-state index >= 15 is 0 Å². The lowest BCUT2D eigenvalue weighted by atomic mass is 10.1. The molecule has 0 radical (unpaired) electrons. The molecule has 1 aromatic rings. The molecular formula is C12H20N2O4S. The zero-order valence-corrected chi connectivity index (χ0v) is 11.6. The molecule has 6 nitrogen and oxygen atoms in total. The van der Waals surface area contributed by atoms with Crippen LogP contribution < -0.4 is 10.5 Å². The maximum Gasteiger partial charge on any atom is 0.271 e. The van der Waals surface area contributed by atoms with Gasteiger partial charge in [-0.2, -0.15) is 0 Å². The quantitative estimate of drug-likeness (QED) is 0.761. The highest BCUT2D eigenvalue weighted by Crippen LogP contribution is 2.15. The van der Waals surface area contributed by atoms with Crippen molar-refractivity contribution in [2.45, 2.75) is 43.4 Å². The Hall–Kier alpha value is -0.890. The number of primary sulfonamides is 1. The molecule has 3 N–H and O–H groups in total. The van der Waals surface area contributed by atoms with Crippen molar-refractivity contribution in [3.8, 4) is 0 Å². The molecule has 0 aromatic carbocycles. The van der Waals surface area contributed by atoms with Crippen LogP contribution in [0.3, 0.4) is 0 Å². The SMILES string of the molecule is NS(=O)(=O)c1ccc(CNCCC2CCCCO2)o1. The largest absolute Gasteiger partial charge is 0.447 e. The van der Waals surface area contributed by atoms with E-state index in [9.17, 15) is 8.42 Å². The first kappa shape index (κ1) is 14.5. The first-order valence-corrected chi connectivity index (χ1v) is 8.04. The Morgan fingerprint density at radius 1 is 1.37 bits per heavy atom. The monoisotopic (exact) mass is 288 g/mol. The van der Waals surface area contributed by atoms with Crippen LogP contribution in [0.5, 0.6) is 0 Å². The van der Waals surface area contributed by atoms with Crippen LogP contribution in [0, 0.1) is 0 Å². The van der Waals surface area contributed by atoms with E-state index < -0.39 is 10.0 Å². The molecule has 0 spiro atoms. The lowest BCUT2D eigenvalue weighted by molar-refractivity contribution is 0.0115. The van der Waals surface area contributed by atoms with Gasteiger partial charge in [0.1, 0.15) is 5.76 Å². The number of hydrogen-bond acceptors (Lipinski definition) is 5. The summed E-state index contributed by atoms with van der Waals surface area (Å²) in [6.07, 6.45) is 4.83. The second kappa shape index (κ2) is 6.51. The molecule has 1 unspecified atom stereocenters. The lowest BCUT2D eigenvalue weighted by Gasteiger charge is -2.22. The normalized spacial score (nSPS) is 20.6. The van der Waals surface area contributed by atoms with Crippen LogP contribution in [0.25, 0.3) is 0 Å². The summed E-state index contributed by atoms with van der Waals surface area (Å²) in [4.78, 5) is 0. The van der Waals surface area contributed by atoms with Crippen LogP contribution >= 0.6 is 0 Å². The first-order chi connectivity index (χ1) is 9.05. The van der Waals surface area contributed by atoms with Gasteiger partial charge in [-0.25, -0.2) is 13.6 Å². The van der Waals surface area contributed by atoms with Gasteiger partial charge in [0.25, 0.3) is 10.0 Å². The fourth-order valence-corrected chi connectivity index (χ4v) is 2.60. The second-order valence-corrected chi connectivity index (χ2v) is 6.21. The van der Waals surface area contributed by atoms with Crippen molar-refractivity contribution in [2.75, 3.05) is 13.2 Å². The van der Waals surface area contributed by atoms with Gasteiger partial charge < -0.3 is 14.5 Å². The zero-order valence-electron chi connectivity index (χ0n) is 10.8.